The third kappa shape index (κ3) is 4.07. The van der Waals surface area contributed by atoms with Gasteiger partial charge in [-0.3, -0.25) is 4.98 Å². The van der Waals surface area contributed by atoms with Gasteiger partial charge in [0, 0.05) is 31.4 Å². The highest BCUT2D eigenvalue weighted by Crippen LogP contribution is 2.31. The Bertz CT molecular complexity index is 345. The van der Waals surface area contributed by atoms with Crippen molar-refractivity contribution in [1.82, 2.24) is 10.3 Å². The van der Waals surface area contributed by atoms with E-state index in [2.05, 4.69) is 17.2 Å². The van der Waals surface area contributed by atoms with E-state index in [1.54, 1.807) is 0 Å². The molecular formula is C15H24N2O. The molecule has 100 valence electrons. The summed E-state index contributed by atoms with van der Waals surface area (Å²) in [6.07, 6.45) is 6.92. The standard InChI is InChI=1S/C15H24N2O/c1-13-5-8-15(18,9-6-13)12-16-11-7-14-4-2-3-10-17-14/h2-4,10,13,16,18H,5-9,11-12H2,1H3. The molecule has 1 aromatic heterocycles. The summed E-state index contributed by atoms with van der Waals surface area (Å²) in [4.78, 5) is 4.29. The molecule has 1 aromatic rings. The maximum atomic E-state index is 10.4. The lowest BCUT2D eigenvalue weighted by atomic mass is 9.79. The molecule has 1 fully saturated rings. The highest BCUT2D eigenvalue weighted by Gasteiger charge is 2.30. The number of hydrogen-bond acceptors (Lipinski definition) is 3. The first-order valence-corrected chi connectivity index (χ1v) is 7.01. The first-order chi connectivity index (χ1) is 8.68. The molecule has 1 aliphatic carbocycles. The number of aliphatic hydroxyl groups is 1. The van der Waals surface area contributed by atoms with Gasteiger partial charge >= 0.3 is 0 Å². The molecule has 0 amide bonds. The van der Waals surface area contributed by atoms with Gasteiger partial charge in [-0.05, 0) is 43.7 Å². The molecule has 0 atom stereocenters. The van der Waals surface area contributed by atoms with Gasteiger partial charge in [0.15, 0.2) is 0 Å². The van der Waals surface area contributed by atoms with Crippen molar-refractivity contribution in [3.63, 3.8) is 0 Å². The van der Waals surface area contributed by atoms with Crippen LogP contribution in [0.15, 0.2) is 24.4 Å². The quantitative estimate of drug-likeness (QED) is 0.785. The molecular weight excluding hydrogens is 224 g/mol. The summed E-state index contributed by atoms with van der Waals surface area (Å²) in [5.41, 5.74) is 0.630. The molecule has 0 saturated heterocycles. The summed E-state index contributed by atoms with van der Waals surface area (Å²) < 4.78 is 0. The van der Waals surface area contributed by atoms with Crippen molar-refractivity contribution in [2.45, 2.75) is 44.6 Å². The third-order valence-corrected chi connectivity index (χ3v) is 3.94. The van der Waals surface area contributed by atoms with E-state index in [9.17, 15) is 5.11 Å². The molecule has 0 aromatic carbocycles. The highest BCUT2D eigenvalue weighted by atomic mass is 16.3. The van der Waals surface area contributed by atoms with Crippen LogP contribution < -0.4 is 5.32 Å². The molecule has 0 aliphatic heterocycles. The van der Waals surface area contributed by atoms with E-state index in [1.165, 1.54) is 0 Å². The van der Waals surface area contributed by atoms with E-state index in [0.717, 1.165) is 50.3 Å². The lowest BCUT2D eigenvalue weighted by Gasteiger charge is -2.35. The summed E-state index contributed by atoms with van der Waals surface area (Å²) in [5, 5.41) is 13.8. The average Bonchev–Trinajstić information content (AvgIpc) is 2.40. The first kappa shape index (κ1) is 13.5. The second-order valence-electron chi connectivity index (χ2n) is 5.65. The molecule has 1 aliphatic rings. The Labute approximate surface area is 110 Å². The van der Waals surface area contributed by atoms with Crippen LogP contribution in [0.3, 0.4) is 0 Å². The van der Waals surface area contributed by atoms with Gasteiger partial charge in [0.1, 0.15) is 0 Å². The van der Waals surface area contributed by atoms with Gasteiger partial charge in [0.2, 0.25) is 0 Å². The lowest BCUT2D eigenvalue weighted by molar-refractivity contribution is -0.00584. The van der Waals surface area contributed by atoms with Crippen LogP contribution in [0.1, 0.15) is 38.3 Å². The van der Waals surface area contributed by atoms with E-state index >= 15 is 0 Å². The molecule has 0 spiro atoms. The SMILES string of the molecule is CC1CCC(O)(CNCCc2ccccn2)CC1. The van der Waals surface area contributed by atoms with Gasteiger partial charge in [-0.15, -0.1) is 0 Å². The first-order valence-electron chi connectivity index (χ1n) is 7.01. The Morgan fingerprint density at radius 2 is 2.17 bits per heavy atom. The summed E-state index contributed by atoms with van der Waals surface area (Å²) in [6, 6.07) is 5.99. The Balaban J connectivity index is 1.66. The van der Waals surface area contributed by atoms with E-state index in [1.807, 2.05) is 24.4 Å². The van der Waals surface area contributed by atoms with Crippen molar-refractivity contribution in [2.24, 2.45) is 5.92 Å². The predicted molar refractivity (Wildman–Crippen MR) is 73.4 cm³/mol. The van der Waals surface area contributed by atoms with E-state index in [4.69, 9.17) is 0 Å². The largest absolute Gasteiger partial charge is 0.389 e. The average molecular weight is 248 g/mol. The Morgan fingerprint density at radius 1 is 1.39 bits per heavy atom. The summed E-state index contributed by atoms with van der Waals surface area (Å²) >= 11 is 0. The van der Waals surface area contributed by atoms with Gasteiger partial charge < -0.3 is 10.4 Å². The maximum Gasteiger partial charge on any atom is 0.0771 e. The van der Waals surface area contributed by atoms with Crippen LogP contribution in [0.2, 0.25) is 0 Å². The fourth-order valence-corrected chi connectivity index (χ4v) is 2.56. The second-order valence-corrected chi connectivity index (χ2v) is 5.65. The molecule has 2 rings (SSSR count). The van der Waals surface area contributed by atoms with Crippen molar-refractivity contribution in [2.75, 3.05) is 13.1 Å². The minimum absolute atomic E-state index is 0.476. The van der Waals surface area contributed by atoms with Gasteiger partial charge in [-0.25, -0.2) is 0 Å². The van der Waals surface area contributed by atoms with Crippen molar-refractivity contribution < 1.29 is 5.11 Å². The van der Waals surface area contributed by atoms with Crippen LogP contribution in [0, 0.1) is 5.92 Å². The number of rotatable bonds is 5. The Morgan fingerprint density at radius 3 is 2.83 bits per heavy atom. The van der Waals surface area contributed by atoms with Crippen LogP contribution in [0.5, 0.6) is 0 Å². The lowest BCUT2D eigenvalue weighted by Crippen LogP contribution is -2.43. The van der Waals surface area contributed by atoms with E-state index in [-0.39, 0.29) is 0 Å². The molecule has 1 saturated carbocycles. The zero-order valence-corrected chi connectivity index (χ0v) is 11.2. The van der Waals surface area contributed by atoms with Gasteiger partial charge in [0.05, 0.1) is 5.60 Å². The zero-order valence-electron chi connectivity index (χ0n) is 11.2. The highest BCUT2D eigenvalue weighted by molar-refractivity contribution is 5.03. The summed E-state index contributed by atoms with van der Waals surface area (Å²) in [5.74, 6) is 0.777. The molecule has 2 N–H and O–H groups in total. The Kier molecular flexibility index (Phi) is 4.72. The van der Waals surface area contributed by atoms with Gasteiger partial charge in [0.25, 0.3) is 0 Å². The van der Waals surface area contributed by atoms with Gasteiger partial charge in [-0.2, -0.15) is 0 Å². The number of nitrogens with zero attached hydrogens (tertiary/aromatic N) is 1. The Hall–Kier alpha value is -0.930. The normalized spacial score (nSPS) is 28.2. The molecule has 18 heavy (non-hydrogen) atoms. The third-order valence-electron chi connectivity index (χ3n) is 3.94. The van der Waals surface area contributed by atoms with Crippen molar-refractivity contribution in [3.8, 4) is 0 Å². The number of aromatic nitrogens is 1. The number of nitrogens with one attached hydrogen (secondary N) is 1. The summed E-state index contributed by atoms with van der Waals surface area (Å²) in [6.45, 7) is 3.87. The van der Waals surface area contributed by atoms with E-state index < -0.39 is 5.60 Å². The van der Waals surface area contributed by atoms with Gasteiger partial charge in [-0.1, -0.05) is 13.0 Å². The molecule has 3 heteroatoms. The zero-order chi connectivity index (χ0) is 12.8. The minimum Gasteiger partial charge on any atom is -0.389 e. The second kappa shape index (κ2) is 6.30. The fourth-order valence-electron chi connectivity index (χ4n) is 2.56. The minimum atomic E-state index is -0.476. The fraction of sp³-hybridized carbons (Fsp3) is 0.667. The van der Waals surface area contributed by atoms with Crippen LogP contribution in [0.25, 0.3) is 0 Å². The molecule has 3 nitrogen and oxygen atoms in total. The number of hydrogen-bond donors (Lipinski definition) is 2. The molecule has 0 bridgehead atoms. The van der Waals surface area contributed by atoms with Crippen LogP contribution >= 0.6 is 0 Å². The van der Waals surface area contributed by atoms with Crippen molar-refractivity contribution >= 4 is 0 Å². The predicted octanol–water partition coefficient (Wildman–Crippen LogP) is 2.15. The van der Waals surface area contributed by atoms with Crippen molar-refractivity contribution in [3.05, 3.63) is 30.1 Å². The topological polar surface area (TPSA) is 45.1 Å². The van der Waals surface area contributed by atoms with Crippen LogP contribution in [0.4, 0.5) is 0 Å². The summed E-state index contributed by atoms with van der Waals surface area (Å²) in [7, 11) is 0. The van der Waals surface area contributed by atoms with Crippen molar-refractivity contribution in [1.29, 1.82) is 0 Å². The van der Waals surface area contributed by atoms with E-state index in [0.29, 0.717) is 6.54 Å². The van der Waals surface area contributed by atoms with Crippen LogP contribution in [-0.4, -0.2) is 28.8 Å². The molecule has 0 radical (unpaired) electrons. The number of pyridine rings is 1. The molecule has 1 heterocycles. The molecule has 0 unspecified atom stereocenters. The van der Waals surface area contributed by atoms with Crippen LogP contribution in [-0.2, 0) is 6.42 Å². The smallest absolute Gasteiger partial charge is 0.0771 e. The monoisotopic (exact) mass is 248 g/mol. The maximum absolute atomic E-state index is 10.4.